The van der Waals surface area contributed by atoms with E-state index in [1.165, 1.54) is 23.2 Å². The highest BCUT2D eigenvalue weighted by molar-refractivity contribution is 7.94. The van der Waals surface area contributed by atoms with Gasteiger partial charge in [-0.3, -0.25) is 14.7 Å². The van der Waals surface area contributed by atoms with Crippen molar-refractivity contribution in [1.29, 1.82) is 0 Å². The average Bonchev–Trinajstić information content (AvgIpc) is 2.91. The monoisotopic (exact) mass is 531 g/mol. The Morgan fingerprint density at radius 2 is 1.89 bits per heavy atom. The largest absolute Gasteiger partial charge is 0.383 e. The first-order valence-electron chi connectivity index (χ1n) is 12.9. The number of piperidine rings is 1. The second-order valence-electron chi connectivity index (χ2n) is 10.1. The fourth-order valence-corrected chi connectivity index (χ4v) is 5.49. The number of aryl methyl sites for hydroxylation is 1. The third kappa shape index (κ3) is 6.62. The van der Waals surface area contributed by atoms with Crippen LogP contribution in [0.25, 0.3) is 17.2 Å². The van der Waals surface area contributed by atoms with E-state index in [2.05, 4.69) is 40.0 Å². The molecule has 0 spiro atoms. The van der Waals surface area contributed by atoms with Crippen LogP contribution in [0.2, 0.25) is 0 Å². The van der Waals surface area contributed by atoms with Crippen molar-refractivity contribution >= 4 is 29.8 Å². The summed E-state index contributed by atoms with van der Waals surface area (Å²) < 4.78 is 5.21. The number of aromatic nitrogens is 2. The highest BCUT2D eigenvalue weighted by Crippen LogP contribution is 2.33. The Labute approximate surface area is 230 Å². The molecule has 2 aromatic heterocycles. The summed E-state index contributed by atoms with van der Waals surface area (Å²) in [5.74, 6) is 1.03. The zero-order valence-electron chi connectivity index (χ0n) is 22.9. The van der Waals surface area contributed by atoms with Crippen molar-refractivity contribution in [1.82, 2.24) is 19.8 Å². The lowest BCUT2D eigenvalue weighted by Crippen LogP contribution is -2.34. The van der Waals surface area contributed by atoms with E-state index in [-0.39, 0.29) is 5.91 Å². The topological polar surface area (TPSA) is 84.6 Å². The number of hydrogen-bond donors (Lipinski definition) is 1. The van der Waals surface area contributed by atoms with Crippen LogP contribution in [-0.2, 0) is 4.18 Å². The van der Waals surface area contributed by atoms with Gasteiger partial charge in [0.25, 0.3) is 5.91 Å². The molecule has 3 aromatic rings. The number of amides is 1. The van der Waals surface area contributed by atoms with E-state index in [0.717, 1.165) is 65.3 Å². The first-order valence-corrected chi connectivity index (χ1v) is 13.6. The van der Waals surface area contributed by atoms with Crippen molar-refractivity contribution in [2.75, 3.05) is 46.6 Å². The molecule has 1 saturated heterocycles. The Morgan fingerprint density at radius 1 is 1.18 bits per heavy atom. The quantitative estimate of drug-likeness (QED) is 0.375. The third-order valence-electron chi connectivity index (χ3n) is 7.04. The summed E-state index contributed by atoms with van der Waals surface area (Å²) in [6.45, 7) is 7.25. The Balaban J connectivity index is 1.43. The third-order valence-corrected chi connectivity index (χ3v) is 7.71. The molecule has 1 aromatic carbocycles. The van der Waals surface area contributed by atoms with Crippen molar-refractivity contribution in [2.24, 2.45) is 0 Å². The molecule has 8 heteroatoms. The Bertz CT molecular complexity index is 1300. The lowest BCUT2D eigenvalue weighted by molar-refractivity contribution is 0.0827. The maximum atomic E-state index is 12.2. The molecule has 3 heterocycles. The highest BCUT2D eigenvalue weighted by atomic mass is 32.2. The van der Waals surface area contributed by atoms with Crippen molar-refractivity contribution in [3.8, 4) is 11.1 Å². The highest BCUT2D eigenvalue weighted by Gasteiger charge is 2.21. The zero-order valence-corrected chi connectivity index (χ0v) is 23.7. The van der Waals surface area contributed by atoms with Crippen molar-refractivity contribution < 1.29 is 8.98 Å². The van der Waals surface area contributed by atoms with Gasteiger partial charge in [0, 0.05) is 67.5 Å². The maximum Gasteiger partial charge on any atom is 0.253 e. The molecule has 0 atom stereocenters. The number of benzene rings is 1. The van der Waals surface area contributed by atoms with Gasteiger partial charge < -0.3 is 14.8 Å². The number of nitrogen functional groups attached to an aromatic ring is 1. The van der Waals surface area contributed by atoms with E-state index in [0.29, 0.717) is 11.7 Å². The second kappa shape index (κ2) is 12.6. The van der Waals surface area contributed by atoms with E-state index in [1.54, 1.807) is 26.1 Å². The van der Waals surface area contributed by atoms with Crippen LogP contribution in [0, 0.1) is 6.92 Å². The molecular formula is C30H37N5O2S. The van der Waals surface area contributed by atoms with Gasteiger partial charge in [0.2, 0.25) is 0 Å². The lowest BCUT2D eigenvalue weighted by atomic mass is 9.88. The first-order chi connectivity index (χ1) is 18.3. The molecule has 7 nitrogen and oxygen atoms in total. The fourth-order valence-electron chi connectivity index (χ4n) is 5.00. The van der Waals surface area contributed by atoms with Crippen LogP contribution in [0.3, 0.4) is 0 Å². The van der Waals surface area contributed by atoms with Crippen LogP contribution in [0.4, 0.5) is 5.82 Å². The first kappa shape index (κ1) is 27.8. The number of rotatable bonds is 8. The Kier molecular flexibility index (Phi) is 9.20. The van der Waals surface area contributed by atoms with Crippen LogP contribution in [0.1, 0.15) is 52.9 Å². The number of pyridine rings is 2. The minimum Gasteiger partial charge on any atom is -0.383 e. The maximum absolute atomic E-state index is 12.2. The SMILES string of the molecule is COSc1cc(-c2ccnc(C)c2/C=C(\C)CN2CCC(c3ccc(C(=O)N(C)C)cc3)CC2)cnc1N. The number of nitrogens with two attached hydrogens (primary N) is 1. The summed E-state index contributed by atoms with van der Waals surface area (Å²) in [5.41, 5.74) is 13.5. The van der Waals surface area contributed by atoms with E-state index >= 15 is 0 Å². The molecule has 2 N–H and O–H groups in total. The predicted octanol–water partition coefficient (Wildman–Crippen LogP) is 5.67. The van der Waals surface area contributed by atoms with E-state index in [4.69, 9.17) is 9.92 Å². The molecule has 4 rings (SSSR count). The molecule has 1 amide bonds. The molecule has 1 fully saturated rings. The molecule has 0 aliphatic carbocycles. The van der Waals surface area contributed by atoms with Crippen LogP contribution in [-0.4, -0.2) is 66.5 Å². The molecule has 0 unspecified atom stereocenters. The van der Waals surface area contributed by atoms with Gasteiger partial charge in [0.05, 0.1) is 12.0 Å². The van der Waals surface area contributed by atoms with Crippen molar-refractivity contribution in [2.45, 2.75) is 37.5 Å². The van der Waals surface area contributed by atoms with Gasteiger partial charge in [-0.1, -0.05) is 23.8 Å². The minimum atomic E-state index is 0.0441. The minimum absolute atomic E-state index is 0.0441. The molecule has 200 valence electrons. The van der Waals surface area contributed by atoms with E-state index in [9.17, 15) is 4.79 Å². The molecule has 38 heavy (non-hydrogen) atoms. The number of likely N-dealkylation sites (tertiary alicyclic amines) is 1. The van der Waals surface area contributed by atoms with E-state index < -0.39 is 0 Å². The van der Waals surface area contributed by atoms with Gasteiger partial charge in [-0.2, -0.15) is 0 Å². The molecule has 1 aliphatic heterocycles. The number of anilines is 1. The summed E-state index contributed by atoms with van der Waals surface area (Å²) in [6, 6.07) is 12.2. The van der Waals surface area contributed by atoms with Gasteiger partial charge in [-0.15, -0.1) is 0 Å². The fraction of sp³-hybridized carbons (Fsp3) is 0.367. The number of nitrogens with zero attached hydrogens (tertiary/aromatic N) is 4. The molecular weight excluding hydrogens is 494 g/mol. The summed E-state index contributed by atoms with van der Waals surface area (Å²) in [5, 5.41) is 0. The second-order valence-corrected chi connectivity index (χ2v) is 11.0. The van der Waals surface area contributed by atoms with Crippen LogP contribution >= 0.6 is 12.0 Å². The predicted molar refractivity (Wildman–Crippen MR) is 156 cm³/mol. The Morgan fingerprint density at radius 3 is 2.55 bits per heavy atom. The van der Waals surface area contributed by atoms with Gasteiger partial charge in [0.1, 0.15) is 5.82 Å². The van der Waals surface area contributed by atoms with Gasteiger partial charge in [0.15, 0.2) is 0 Å². The van der Waals surface area contributed by atoms with Crippen molar-refractivity contribution in [3.05, 3.63) is 76.7 Å². The summed E-state index contributed by atoms with van der Waals surface area (Å²) >= 11 is 1.22. The van der Waals surface area contributed by atoms with Gasteiger partial charge in [-0.05, 0) is 81.1 Å². The van der Waals surface area contributed by atoms with E-state index in [1.807, 2.05) is 43.6 Å². The summed E-state index contributed by atoms with van der Waals surface area (Å²) in [7, 11) is 5.19. The van der Waals surface area contributed by atoms with Gasteiger partial charge in [-0.25, -0.2) is 4.98 Å². The van der Waals surface area contributed by atoms with Crippen LogP contribution in [0.5, 0.6) is 0 Å². The average molecular weight is 532 g/mol. The molecule has 0 radical (unpaired) electrons. The molecule has 1 aliphatic rings. The lowest BCUT2D eigenvalue weighted by Gasteiger charge is -2.32. The number of carbonyl (C=O) groups excluding carboxylic acids is 1. The molecule has 0 bridgehead atoms. The summed E-state index contributed by atoms with van der Waals surface area (Å²) in [6.07, 6.45) is 8.13. The van der Waals surface area contributed by atoms with Crippen LogP contribution < -0.4 is 5.73 Å². The Hall–Kier alpha value is -3.20. The molecule has 0 saturated carbocycles. The number of hydrogen-bond acceptors (Lipinski definition) is 7. The smallest absolute Gasteiger partial charge is 0.253 e. The standard InChI is InChI=1S/C30H37N5O2S/c1-20(16-27-21(2)32-13-10-26(27)25-17-28(38-37-5)29(31)33-18-25)19-35-14-11-23(12-15-35)22-6-8-24(9-7-22)30(36)34(3)4/h6-10,13,16-18,23H,11-12,14-15,19H2,1-5H3,(H2,31,33)/b20-16+. The van der Waals surface area contributed by atoms with Gasteiger partial charge >= 0.3 is 0 Å². The number of carbonyl (C=O) groups is 1. The van der Waals surface area contributed by atoms with Crippen molar-refractivity contribution in [3.63, 3.8) is 0 Å². The zero-order chi connectivity index (χ0) is 27.2. The van der Waals surface area contributed by atoms with Crippen LogP contribution in [0.15, 0.2) is 59.3 Å². The normalized spacial score (nSPS) is 15.0. The summed E-state index contributed by atoms with van der Waals surface area (Å²) in [4.78, 5) is 26.1.